The lowest BCUT2D eigenvalue weighted by atomic mass is 10.2. The van der Waals surface area contributed by atoms with Crippen LogP contribution in [0.1, 0.15) is 26.2 Å². The van der Waals surface area contributed by atoms with Crippen molar-refractivity contribution in [3.05, 3.63) is 0 Å². The highest BCUT2D eigenvalue weighted by Gasteiger charge is 2.04. The van der Waals surface area contributed by atoms with E-state index >= 15 is 0 Å². The smallest absolute Gasteiger partial charge is 0.236 e. The molecule has 0 aromatic carbocycles. The third-order valence-electron chi connectivity index (χ3n) is 1.74. The Morgan fingerprint density at radius 1 is 1.46 bits per heavy atom. The molecule has 4 heteroatoms. The molecule has 0 saturated carbocycles. The number of thioether (sulfide) groups is 1. The van der Waals surface area contributed by atoms with Crippen LogP contribution in [0.4, 0.5) is 0 Å². The van der Waals surface area contributed by atoms with E-state index in [9.17, 15) is 4.79 Å². The second-order valence-corrected chi connectivity index (χ2v) is 4.12. The van der Waals surface area contributed by atoms with Crippen molar-refractivity contribution in [3.8, 4) is 0 Å². The van der Waals surface area contributed by atoms with Crippen LogP contribution in [0, 0.1) is 0 Å². The second-order valence-electron chi connectivity index (χ2n) is 3.13. The van der Waals surface area contributed by atoms with Gasteiger partial charge in [-0.05, 0) is 31.8 Å². The Labute approximate surface area is 84.8 Å². The molecule has 0 unspecified atom stereocenters. The predicted octanol–water partition coefficient (Wildman–Crippen LogP) is 0.983. The highest BCUT2D eigenvalue weighted by molar-refractivity contribution is 7.98. The van der Waals surface area contributed by atoms with Gasteiger partial charge in [0.05, 0.1) is 6.04 Å². The van der Waals surface area contributed by atoms with Crippen LogP contribution < -0.4 is 11.1 Å². The van der Waals surface area contributed by atoms with Crippen molar-refractivity contribution >= 4 is 17.7 Å². The minimum absolute atomic E-state index is 0.0510. The van der Waals surface area contributed by atoms with Gasteiger partial charge >= 0.3 is 0 Å². The van der Waals surface area contributed by atoms with Gasteiger partial charge in [-0.2, -0.15) is 11.8 Å². The molecule has 0 radical (unpaired) electrons. The van der Waals surface area contributed by atoms with E-state index in [4.69, 9.17) is 5.73 Å². The van der Waals surface area contributed by atoms with Crippen molar-refractivity contribution in [2.24, 2.45) is 5.73 Å². The zero-order valence-corrected chi connectivity index (χ0v) is 9.32. The first-order chi connectivity index (χ1) is 6.18. The first-order valence-electron chi connectivity index (χ1n) is 4.70. The third kappa shape index (κ3) is 8.12. The zero-order valence-electron chi connectivity index (χ0n) is 8.51. The monoisotopic (exact) mass is 204 g/mol. The lowest BCUT2D eigenvalue weighted by Gasteiger charge is -2.06. The van der Waals surface area contributed by atoms with Gasteiger partial charge in [0.15, 0.2) is 0 Å². The molecule has 13 heavy (non-hydrogen) atoms. The highest BCUT2D eigenvalue weighted by Crippen LogP contribution is 2.01. The fourth-order valence-corrected chi connectivity index (χ4v) is 1.41. The maximum absolute atomic E-state index is 11.0. The quantitative estimate of drug-likeness (QED) is 0.608. The molecule has 0 heterocycles. The number of nitrogens with two attached hydrogens (primary N) is 1. The number of carbonyl (C=O) groups excluding carboxylic acids is 1. The molecule has 0 fully saturated rings. The summed E-state index contributed by atoms with van der Waals surface area (Å²) in [5.74, 6) is 1.16. The molecule has 3 nitrogen and oxygen atoms in total. The van der Waals surface area contributed by atoms with E-state index < -0.39 is 0 Å². The number of carbonyl (C=O) groups is 1. The zero-order chi connectivity index (χ0) is 10.1. The number of hydrogen-bond acceptors (Lipinski definition) is 3. The summed E-state index contributed by atoms with van der Waals surface area (Å²) in [7, 11) is 0. The van der Waals surface area contributed by atoms with Crippen LogP contribution in [0.25, 0.3) is 0 Å². The summed E-state index contributed by atoms with van der Waals surface area (Å²) in [5.41, 5.74) is 5.38. The molecule has 0 spiro atoms. The summed E-state index contributed by atoms with van der Waals surface area (Å²) < 4.78 is 0. The van der Waals surface area contributed by atoms with Gasteiger partial charge in [-0.3, -0.25) is 4.79 Å². The lowest BCUT2D eigenvalue weighted by molar-refractivity contribution is -0.121. The fraction of sp³-hybridized carbons (Fsp3) is 0.889. The van der Waals surface area contributed by atoms with E-state index in [1.54, 1.807) is 6.92 Å². The highest BCUT2D eigenvalue weighted by atomic mass is 32.2. The summed E-state index contributed by atoms with van der Waals surface area (Å²) in [4.78, 5) is 11.0. The van der Waals surface area contributed by atoms with Crippen LogP contribution in [-0.4, -0.2) is 30.5 Å². The maximum Gasteiger partial charge on any atom is 0.236 e. The molecule has 1 amide bonds. The van der Waals surface area contributed by atoms with Gasteiger partial charge in [0.25, 0.3) is 0 Å². The first kappa shape index (κ1) is 12.8. The van der Waals surface area contributed by atoms with Crippen LogP contribution in [0.15, 0.2) is 0 Å². The molecule has 0 aliphatic rings. The molecule has 0 rings (SSSR count). The van der Waals surface area contributed by atoms with Crippen molar-refractivity contribution in [3.63, 3.8) is 0 Å². The van der Waals surface area contributed by atoms with Gasteiger partial charge in [-0.15, -0.1) is 0 Å². The summed E-state index contributed by atoms with van der Waals surface area (Å²) in [6.45, 7) is 2.46. The molecule has 0 aliphatic carbocycles. The van der Waals surface area contributed by atoms with E-state index in [0.717, 1.165) is 13.0 Å². The molecule has 0 bridgehead atoms. The van der Waals surface area contributed by atoms with E-state index in [1.807, 2.05) is 11.8 Å². The molecule has 0 saturated heterocycles. The topological polar surface area (TPSA) is 55.1 Å². The van der Waals surface area contributed by atoms with E-state index in [-0.39, 0.29) is 11.9 Å². The summed E-state index contributed by atoms with van der Waals surface area (Å²) in [6.07, 6.45) is 5.58. The van der Waals surface area contributed by atoms with Crippen molar-refractivity contribution in [1.29, 1.82) is 0 Å². The fourth-order valence-electron chi connectivity index (χ4n) is 0.921. The Bertz CT molecular complexity index is 140. The van der Waals surface area contributed by atoms with Crippen molar-refractivity contribution in [2.45, 2.75) is 32.2 Å². The van der Waals surface area contributed by atoms with Gasteiger partial charge < -0.3 is 11.1 Å². The van der Waals surface area contributed by atoms with Crippen molar-refractivity contribution < 1.29 is 4.79 Å². The molecule has 3 N–H and O–H groups in total. The standard InChI is InChI=1S/C9H20N2OS/c1-8(10)9(12)11-6-4-3-5-7-13-2/h8H,3-7,10H2,1-2H3,(H,11,12)/t8-/m1/s1. The van der Waals surface area contributed by atoms with Crippen LogP contribution in [0.2, 0.25) is 0 Å². The lowest BCUT2D eigenvalue weighted by Crippen LogP contribution is -2.38. The Kier molecular flexibility index (Phi) is 8.24. The molecule has 0 aromatic rings. The molecule has 0 aromatic heterocycles. The number of unbranched alkanes of at least 4 members (excludes halogenated alkanes) is 2. The van der Waals surface area contributed by atoms with Crippen LogP contribution in [0.5, 0.6) is 0 Å². The van der Waals surface area contributed by atoms with Gasteiger partial charge in [-0.1, -0.05) is 6.42 Å². The van der Waals surface area contributed by atoms with Gasteiger partial charge in [0, 0.05) is 6.54 Å². The Morgan fingerprint density at radius 3 is 2.69 bits per heavy atom. The molecule has 0 aliphatic heterocycles. The largest absolute Gasteiger partial charge is 0.355 e. The van der Waals surface area contributed by atoms with Gasteiger partial charge in [-0.25, -0.2) is 0 Å². The average Bonchev–Trinajstić information content (AvgIpc) is 2.10. The van der Waals surface area contributed by atoms with E-state index in [2.05, 4.69) is 11.6 Å². The van der Waals surface area contributed by atoms with E-state index in [0.29, 0.717) is 0 Å². The number of amides is 1. The third-order valence-corrected chi connectivity index (χ3v) is 2.43. The minimum Gasteiger partial charge on any atom is -0.355 e. The summed E-state index contributed by atoms with van der Waals surface area (Å²) >= 11 is 1.86. The number of nitrogens with one attached hydrogen (secondary N) is 1. The Morgan fingerprint density at radius 2 is 2.15 bits per heavy atom. The predicted molar refractivity (Wildman–Crippen MR) is 58.9 cm³/mol. The summed E-state index contributed by atoms with van der Waals surface area (Å²) in [6, 6.07) is -0.383. The SMILES string of the molecule is CSCCCCCNC(=O)[C@@H](C)N. The number of rotatable bonds is 7. The average molecular weight is 204 g/mol. The van der Waals surface area contributed by atoms with Gasteiger partial charge in [0.1, 0.15) is 0 Å². The van der Waals surface area contributed by atoms with Crippen LogP contribution >= 0.6 is 11.8 Å². The normalized spacial score (nSPS) is 12.5. The Balaban J connectivity index is 3.12. The van der Waals surface area contributed by atoms with Crippen molar-refractivity contribution in [1.82, 2.24) is 5.32 Å². The molecule has 78 valence electrons. The maximum atomic E-state index is 11.0. The molecular formula is C9H20N2OS. The number of hydrogen-bond donors (Lipinski definition) is 2. The molecule has 1 atom stereocenters. The Hall–Kier alpha value is -0.220. The van der Waals surface area contributed by atoms with Crippen LogP contribution in [-0.2, 0) is 4.79 Å². The molecular weight excluding hydrogens is 184 g/mol. The van der Waals surface area contributed by atoms with E-state index in [1.165, 1.54) is 18.6 Å². The summed E-state index contributed by atoms with van der Waals surface area (Å²) in [5, 5.41) is 2.79. The van der Waals surface area contributed by atoms with Gasteiger partial charge in [0.2, 0.25) is 5.91 Å². The minimum atomic E-state index is -0.383. The van der Waals surface area contributed by atoms with Crippen molar-refractivity contribution in [2.75, 3.05) is 18.6 Å². The second kappa shape index (κ2) is 8.38. The van der Waals surface area contributed by atoms with Crippen LogP contribution in [0.3, 0.4) is 0 Å². The first-order valence-corrected chi connectivity index (χ1v) is 6.10.